The average Bonchev–Trinajstić information content (AvgIpc) is 3.34. The fourth-order valence-electron chi connectivity index (χ4n) is 7.13. The molecule has 0 atom stereocenters. The summed E-state index contributed by atoms with van der Waals surface area (Å²) < 4.78 is 27.5. The van der Waals surface area contributed by atoms with Gasteiger partial charge in [-0.15, -0.1) is 0 Å². The van der Waals surface area contributed by atoms with Crippen molar-refractivity contribution < 1.29 is 18.9 Å². The molecule has 4 nitrogen and oxygen atoms in total. The highest BCUT2D eigenvalue weighted by Crippen LogP contribution is 2.61. The van der Waals surface area contributed by atoms with Crippen LogP contribution in [0.2, 0.25) is 0 Å². The van der Waals surface area contributed by atoms with Crippen LogP contribution in [0.3, 0.4) is 0 Å². The molecule has 14 heteroatoms. The smallest absolute Gasteiger partial charge is 0.136 e. The molecule has 2 aliphatic rings. The van der Waals surface area contributed by atoms with Crippen molar-refractivity contribution in [3.8, 4) is 46.7 Å². The Bertz CT molecular complexity index is 1930. The maximum absolute atomic E-state index is 6.66. The van der Waals surface area contributed by atoms with Crippen molar-refractivity contribution >= 4 is 102 Å². The van der Waals surface area contributed by atoms with Gasteiger partial charge in [-0.3, -0.25) is 0 Å². The second kappa shape index (κ2) is 35.6. The van der Waals surface area contributed by atoms with E-state index in [1.165, 1.54) is 82.6 Å². The summed E-state index contributed by atoms with van der Waals surface area (Å²) in [6.45, 7) is 11.3. The summed E-state index contributed by atoms with van der Waals surface area (Å²) in [5.74, 6) is 17.2. The molecule has 0 aromatic heterocycles. The van der Waals surface area contributed by atoms with Gasteiger partial charge in [0.1, 0.15) is 23.0 Å². The van der Waals surface area contributed by atoms with Gasteiger partial charge in [-0.2, -0.15) is 0 Å². The lowest BCUT2D eigenvalue weighted by atomic mass is 10.1. The Morgan fingerprint density at radius 1 is 0.394 bits per heavy atom. The maximum Gasteiger partial charge on any atom is 0.136 e. The summed E-state index contributed by atoms with van der Waals surface area (Å²) in [5, 5.41) is 0. The third-order valence-electron chi connectivity index (χ3n) is 11.0. The fourth-order valence-corrected chi connectivity index (χ4v) is 30.5. The molecule has 0 aliphatic carbocycles. The standard InChI is InChI=1S/C52H70O4S10/c1-5-7-9-11-13-15-17-19-33-54-49-40-46(50(55-34-20-18-16-14-12-10-8-6-2)39-44(49)30-29-43-27-25-41(3)26-28-43)32-31-45-38-47(53-35-21-23-51-57-61-65-62-58-51)42(4)37-48(45)56-36-22-24-52-59-63-66-64-60-52/h25-28,37-40,51-52H,5-24,33-36H2,1-4H3. The van der Waals surface area contributed by atoms with E-state index in [0.29, 0.717) is 35.6 Å². The van der Waals surface area contributed by atoms with Crippen LogP contribution < -0.4 is 18.9 Å². The molecular formula is C52H70O4S10. The van der Waals surface area contributed by atoms with Gasteiger partial charge in [-0.25, -0.2) is 0 Å². The quantitative estimate of drug-likeness (QED) is 0.0361. The van der Waals surface area contributed by atoms with Gasteiger partial charge in [-0.05, 0) is 141 Å². The zero-order valence-electron chi connectivity index (χ0n) is 39.5. The Morgan fingerprint density at radius 2 is 0.758 bits per heavy atom. The highest BCUT2D eigenvalue weighted by Gasteiger charge is 2.19. The minimum atomic E-state index is 0.573. The van der Waals surface area contributed by atoms with Crippen LogP contribution in [0.15, 0.2) is 48.5 Å². The third-order valence-corrected chi connectivity index (χ3v) is 31.2. The lowest BCUT2D eigenvalue weighted by Gasteiger charge is -2.19. The highest BCUT2D eigenvalue weighted by atomic mass is 33.8. The van der Waals surface area contributed by atoms with E-state index in [9.17, 15) is 0 Å². The molecule has 66 heavy (non-hydrogen) atoms. The molecule has 5 rings (SSSR count). The second-order valence-corrected chi connectivity index (χ2v) is 33.2. The lowest BCUT2D eigenvalue weighted by molar-refractivity contribution is 0.295. The first-order valence-electron chi connectivity index (χ1n) is 24.1. The van der Waals surface area contributed by atoms with E-state index >= 15 is 0 Å². The Labute approximate surface area is 437 Å². The van der Waals surface area contributed by atoms with Gasteiger partial charge < -0.3 is 18.9 Å². The van der Waals surface area contributed by atoms with E-state index in [2.05, 4.69) is 99.9 Å². The van der Waals surface area contributed by atoms with Gasteiger partial charge in [0.2, 0.25) is 0 Å². The van der Waals surface area contributed by atoms with E-state index in [1.807, 2.05) is 102 Å². The summed E-state index contributed by atoms with van der Waals surface area (Å²) in [6.07, 6.45) is 24.1. The fraction of sp³-hybridized carbons (Fsp3) is 0.577. The van der Waals surface area contributed by atoms with Crippen molar-refractivity contribution in [3.63, 3.8) is 0 Å². The number of rotatable bonds is 30. The molecule has 0 unspecified atom stereocenters. The minimum absolute atomic E-state index is 0.573. The van der Waals surface area contributed by atoms with Gasteiger partial charge in [0.05, 0.1) is 52.3 Å². The summed E-state index contributed by atoms with van der Waals surface area (Å²) in [4.78, 5) is 0. The predicted molar refractivity (Wildman–Crippen MR) is 310 cm³/mol. The van der Waals surface area contributed by atoms with Crippen LogP contribution in [0.4, 0.5) is 0 Å². The molecule has 2 aliphatic heterocycles. The molecule has 2 heterocycles. The predicted octanol–water partition coefficient (Wildman–Crippen LogP) is 19.8. The summed E-state index contributed by atoms with van der Waals surface area (Å²) in [7, 11) is 19.1. The largest absolute Gasteiger partial charge is 0.493 e. The molecule has 362 valence electrons. The van der Waals surface area contributed by atoms with Crippen molar-refractivity contribution in [2.24, 2.45) is 0 Å². The van der Waals surface area contributed by atoms with Crippen molar-refractivity contribution in [1.29, 1.82) is 0 Å². The Morgan fingerprint density at radius 3 is 1.21 bits per heavy atom. The lowest BCUT2D eigenvalue weighted by Crippen LogP contribution is -2.06. The SMILES string of the molecule is CCCCCCCCCCOc1cc(C#Cc2cc(OCCCC3SSSSS3)c(C)cc2OCCCC2SSSSS2)c(OCCCCCCCCCC)cc1C#Cc1ccc(C)cc1. The Balaban J connectivity index is 1.40. The number of ether oxygens (including phenoxy) is 4. The van der Waals surface area contributed by atoms with Crippen molar-refractivity contribution in [2.75, 3.05) is 26.4 Å². The second-order valence-electron chi connectivity index (χ2n) is 16.6. The first-order chi connectivity index (χ1) is 32.5. The van der Waals surface area contributed by atoms with Crippen LogP contribution in [0.25, 0.3) is 0 Å². The van der Waals surface area contributed by atoms with Crippen LogP contribution in [-0.2, 0) is 0 Å². The molecule has 0 N–H and O–H groups in total. The van der Waals surface area contributed by atoms with E-state index in [-0.39, 0.29) is 0 Å². The zero-order chi connectivity index (χ0) is 46.3. The molecule has 3 aromatic rings. The van der Waals surface area contributed by atoms with Crippen molar-refractivity contribution in [3.05, 3.63) is 81.9 Å². The van der Waals surface area contributed by atoms with E-state index in [1.54, 1.807) is 0 Å². The van der Waals surface area contributed by atoms with E-state index in [0.717, 1.165) is 102 Å². The van der Waals surface area contributed by atoms with Crippen LogP contribution in [0.1, 0.15) is 176 Å². The molecule has 3 aromatic carbocycles. The topological polar surface area (TPSA) is 36.9 Å². The minimum Gasteiger partial charge on any atom is -0.493 e. The van der Waals surface area contributed by atoms with Crippen LogP contribution in [0.5, 0.6) is 23.0 Å². The Kier molecular flexibility index (Phi) is 30.4. The first kappa shape index (κ1) is 56.4. The summed E-state index contributed by atoms with van der Waals surface area (Å²) in [5.41, 5.74) is 5.70. The maximum atomic E-state index is 6.66. The van der Waals surface area contributed by atoms with Gasteiger partial charge in [0, 0.05) is 17.7 Å². The number of hydrogen-bond acceptors (Lipinski definition) is 14. The van der Waals surface area contributed by atoms with Crippen molar-refractivity contribution in [1.82, 2.24) is 0 Å². The van der Waals surface area contributed by atoms with Gasteiger partial charge in [-0.1, -0.05) is 188 Å². The molecule has 0 amide bonds. The molecule has 0 bridgehead atoms. The molecule has 2 saturated heterocycles. The van der Waals surface area contributed by atoms with Gasteiger partial charge >= 0.3 is 0 Å². The van der Waals surface area contributed by atoms with Crippen LogP contribution >= 0.6 is 102 Å². The van der Waals surface area contributed by atoms with Crippen LogP contribution in [0, 0.1) is 37.5 Å². The number of aryl methyl sites for hydroxylation is 2. The zero-order valence-corrected chi connectivity index (χ0v) is 47.6. The normalized spacial score (nSPS) is 14.2. The molecule has 2 fully saturated rings. The molecule has 0 spiro atoms. The molecule has 0 radical (unpaired) electrons. The average molecular weight is 1080 g/mol. The number of unbranched alkanes of at least 4 members (excludes halogenated alkanes) is 14. The molecular weight excluding hydrogens is 1010 g/mol. The van der Waals surface area contributed by atoms with Crippen molar-refractivity contribution in [2.45, 2.75) is 165 Å². The van der Waals surface area contributed by atoms with Gasteiger partial charge in [0.15, 0.2) is 0 Å². The van der Waals surface area contributed by atoms with Gasteiger partial charge in [0.25, 0.3) is 0 Å². The Hall–Kier alpha value is -0.520. The third kappa shape index (κ3) is 23.1. The van der Waals surface area contributed by atoms with E-state index < -0.39 is 0 Å². The first-order valence-corrected chi connectivity index (χ1v) is 36.7. The van der Waals surface area contributed by atoms with E-state index in [4.69, 9.17) is 18.9 Å². The molecule has 0 saturated carbocycles. The number of hydrogen-bond donors (Lipinski definition) is 0. The van der Waals surface area contributed by atoms with Crippen LogP contribution in [-0.4, -0.2) is 35.6 Å². The number of benzene rings is 3. The summed E-state index contributed by atoms with van der Waals surface area (Å²) >= 11 is 0. The monoisotopic (exact) mass is 1080 g/mol. The highest BCUT2D eigenvalue weighted by molar-refractivity contribution is 9.39. The summed E-state index contributed by atoms with van der Waals surface area (Å²) in [6, 6.07) is 16.7.